The summed E-state index contributed by atoms with van der Waals surface area (Å²) in [4.78, 5) is 18.4. The molecule has 7 nitrogen and oxygen atoms in total. The number of rotatable bonds is 2. The highest BCUT2D eigenvalue weighted by atomic mass is 35.7. The predicted octanol–water partition coefficient (Wildman–Crippen LogP) is 2.76. The second-order valence-corrected chi connectivity index (χ2v) is 8.35. The summed E-state index contributed by atoms with van der Waals surface area (Å²) in [7, 11) is 1.42. The SMILES string of the molecule is O=C1c2cc(S(=O)(=O)Cl)ccc2OCCN1C1=CN=Cc2ccccc2O1. The maximum Gasteiger partial charge on any atom is 0.264 e. The van der Waals surface area contributed by atoms with E-state index in [-0.39, 0.29) is 35.2 Å². The van der Waals surface area contributed by atoms with Gasteiger partial charge in [0.15, 0.2) is 0 Å². The summed E-state index contributed by atoms with van der Waals surface area (Å²) in [6.07, 6.45) is 3.07. The first-order chi connectivity index (χ1) is 12.9. The van der Waals surface area contributed by atoms with Gasteiger partial charge in [-0.1, -0.05) is 12.1 Å². The zero-order chi connectivity index (χ0) is 19.0. The van der Waals surface area contributed by atoms with Crippen LogP contribution in [-0.2, 0) is 9.05 Å². The summed E-state index contributed by atoms with van der Waals surface area (Å²) in [5, 5.41) is 0. The summed E-state index contributed by atoms with van der Waals surface area (Å²) in [5.74, 6) is 0.590. The Balaban J connectivity index is 1.73. The number of carbonyl (C=O) groups excluding carboxylic acids is 1. The van der Waals surface area contributed by atoms with Gasteiger partial charge >= 0.3 is 0 Å². The first kappa shape index (κ1) is 17.6. The van der Waals surface area contributed by atoms with Gasteiger partial charge in [0.05, 0.1) is 23.2 Å². The van der Waals surface area contributed by atoms with Crippen molar-refractivity contribution >= 4 is 31.9 Å². The lowest BCUT2D eigenvalue weighted by Gasteiger charge is -2.22. The van der Waals surface area contributed by atoms with Crippen LogP contribution in [0.3, 0.4) is 0 Å². The molecule has 1 amide bonds. The fraction of sp³-hybridized carbons (Fsp3) is 0.111. The maximum absolute atomic E-state index is 13.1. The third kappa shape index (κ3) is 3.41. The van der Waals surface area contributed by atoms with Gasteiger partial charge in [-0.3, -0.25) is 14.7 Å². The fourth-order valence-corrected chi connectivity index (χ4v) is 3.56. The Labute approximate surface area is 159 Å². The minimum absolute atomic E-state index is 0.0836. The Kier molecular flexibility index (Phi) is 4.37. The number of aliphatic imine (C=N–C) groups is 1. The lowest BCUT2D eigenvalue weighted by atomic mass is 10.2. The summed E-state index contributed by atoms with van der Waals surface area (Å²) in [5.41, 5.74) is 0.860. The van der Waals surface area contributed by atoms with Gasteiger partial charge in [-0.05, 0) is 30.3 Å². The highest BCUT2D eigenvalue weighted by molar-refractivity contribution is 8.13. The standard InChI is InChI=1S/C18H13ClN2O5S/c19-27(23,24)13-5-6-16-14(9-13)18(22)21(7-8-25-16)17-11-20-10-12-3-1-2-4-15(12)26-17/h1-6,9-11H,7-8H2. The van der Waals surface area contributed by atoms with E-state index < -0.39 is 15.0 Å². The lowest BCUT2D eigenvalue weighted by molar-refractivity contribution is 0.0739. The molecular weight excluding hydrogens is 392 g/mol. The second-order valence-electron chi connectivity index (χ2n) is 5.79. The quantitative estimate of drug-likeness (QED) is 0.718. The molecule has 0 saturated heterocycles. The molecule has 0 atom stereocenters. The first-order valence-corrected chi connectivity index (χ1v) is 10.3. The van der Waals surface area contributed by atoms with E-state index in [0.717, 1.165) is 5.56 Å². The van der Waals surface area contributed by atoms with Gasteiger partial charge in [0.1, 0.15) is 18.1 Å². The van der Waals surface area contributed by atoms with Crippen molar-refractivity contribution in [2.24, 2.45) is 4.99 Å². The van der Waals surface area contributed by atoms with Gasteiger partial charge in [-0.15, -0.1) is 0 Å². The van der Waals surface area contributed by atoms with Gasteiger partial charge in [-0.25, -0.2) is 8.42 Å². The van der Waals surface area contributed by atoms with E-state index in [1.165, 1.54) is 29.3 Å². The van der Waals surface area contributed by atoms with Crippen molar-refractivity contribution in [3.8, 4) is 11.5 Å². The molecule has 0 radical (unpaired) electrons. The molecule has 0 aromatic heterocycles. The summed E-state index contributed by atoms with van der Waals surface area (Å²) >= 11 is 0. The Bertz CT molecular complexity index is 1090. The van der Waals surface area contributed by atoms with Crippen molar-refractivity contribution < 1.29 is 22.7 Å². The number of halogens is 1. The number of benzene rings is 2. The molecule has 0 unspecified atom stereocenters. The van der Waals surface area contributed by atoms with E-state index in [0.29, 0.717) is 5.75 Å². The van der Waals surface area contributed by atoms with Crippen LogP contribution in [0.1, 0.15) is 15.9 Å². The molecule has 27 heavy (non-hydrogen) atoms. The Hall–Kier alpha value is -2.84. The molecule has 2 aromatic rings. The van der Waals surface area contributed by atoms with E-state index in [9.17, 15) is 13.2 Å². The average Bonchev–Trinajstić information content (AvgIpc) is 2.94. The van der Waals surface area contributed by atoms with Crippen LogP contribution in [-0.4, -0.2) is 38.6 Å². The van der Waals surface area contributed by atoms with Crippen LogP contribution in [0.2, 0.25) is 0 Å². The van der Waals surface area contributed by atoms with Crippen LogP contribution in [0.4, 0.5) is 0 Å². The third-order valence-corrected chi connectivity index (χ3v) is 5.43. The van der Waals surface area contributed by atoms with Crippen LogP contribution < -0.4 is 9.47 Å². The number of para-hydroxylation sites is 1. The van der Waals surface area contributed by atoms with Gasteiger partial charge in [0.2, 0.25) is 5.88 Å². The van der Waals surface area contributed by atoms with Crippen molar-refractivity contribution in [1.82, 2.24) is 4.90 Å². The van der Waals surface area contributed by atoms with E-state index in [1.807, 2.05) is 18.2 Å². The molecule has 2 aliphatic rings. The molecule has 0 N–H and O–H groups in total. The molecule has 0 saturated carbocycles. The van der Waals surface area contributed by atoms with Crippen LogP contribution in [0.5, 0.6) is 11.5 Å². The Morgan fingerprint density at radius 3 is 2.74 bits per heavy atom. The molecular formula is C18H13ClN2O5S. The highest BCUT2D eigenvalue weighted by Crippen LogP contribution is 2.30. The minimum atomic E-state index is -3.98. The van der Waals surface area contributed by atoms with E-state index in [4.69, 9.17) is 20.2 Å². The number of hydrogen-bond acceptors (Lipinski definition) is 6. The van der Waals surface area contributed by atoms with E-state index in [2.05, 4.69) is 4.99 Å². The van der Waals surface area contributed by atoms with E-state index >= 15 is 0 Å². The zero-order valence-electron chi connectivity index (χ0n) is 13.8. The first-order valence-electron chi connectivity index (χ1n) is 7.97. The largest absolute Gasteiger partial charge is 0.491 e. The van der Waals surface area contributed by atoms with E-state index in [1.54, 1.807) is 12.3 Å². The monoisotopic (exact) mass is 404 g/mol. The van der Waals surface area contributed by atoms with Gasteiger partial charge in [0, 0.05) is 22.5 Å². The topological polar surface area (TPSA) is 85.3 Å². The second kappa shape index (κ2) is 6.71. The molecule has 0 fully saturated rings. The molecule has 138 valence electrons. The predicted molar refractivity (Wildman–Crippen MR) is 98.8 cm³/mol. The molecule has 0 spiro atoms. The number of ether oxygens (including phenoxy) is 2. The van der Waals surface area contributed by atoms with Crippen LogP contribution >= 0.6 is 10.7 Å². The average molecular weight is 405 g/mol. The Morgan fingerprint density at radius 1 is 1.11 bits per heavy atom. The summed E-state index contributed by atoms with van der Waals surface area (Å²) < 4.78 is 34.7. The number of fused-ring (bicyclic) bond motifs is 2. The van der Waals surface area contributed by atoms with Crippen molar-refractivity contribution in [2.75, 3.05) is 13.2 Å². The molecule has 2 heterocycles. The molecule has 2 aromatic carbocycles. The van der Waals surface area contributed by atoms with Crippen molar-refractivity contribution in [2.45, 2.75) is 4.90 Å². The molecule has 4 rings (SSSR count). The smallest absolute Gasteiger partial charge is 0.264 e. The zero-order valence-corrected chi connectivity index (χ0v) is 15.4. The normalized spacial score (nSPS) is 16.3. The van der Waals surface area contributed by atoms with Crippen LogP contribution in [0, 0.1) is 0 Å². The number of nitrogens with zero attached hydrogens (tertiary/aromatic N) is 2. The van der Waals surface area contributed by atoms with Crippen LogP contribution in [0.25, 0.3) is 0 Å². The Morgan fingerprint density at radius 2 is 1.93 bits per heavy atom. The minimum Gasteiger partial charge on any atom is -0.491 e. The molecule has 0 aliphatic carbocycles. The fourth-order valence-electron chi connectivity index (χ4n) is 2.78. The van der Waals surface area contributed by atoms with Gasteiger partial charge < -0.3 is 9.47 Å². The number of carbonyl (C=O) groups is 1. The van der Waals surface area contributed by atoms with Gasteiger partial charge in [0.25, 0.3) is 15.0 Å². The van der Waals surface area contributed by atoms with Crippen molar-refractivity contribution in [1.29, 1.82) is 0 Å². The molecule has 0 bridgehead atoms. The highest BCUT2D eigenvalue weighted by Gasteiger charge is 2.29. The van der Waals surface area contributed by atoms with Gasteiger partial charge in [-0.2, -0.15) is 0 Å². The molecule has 2 aliphatic heterocycles. The third-order valence-electron chi connectivity index (χ3n) is 4.08. The van der Waals surface area contributed by atoms with Crippen LogP contribution in [0.15, 0.2) is 64.4 Å². The maximum atomic E-state index is 13.1. The number of hydrogen-bond donors (Lipinski definition) is 0. The number of amides is 1. The van der Waals surface area contributed by atoms with Crippen molar-refractivity contribution in [3.05, 3.63) is 65.7 Å². The lowest BCUT2D eigenvalue weighted by Crippen LogP contribution is -2.34. The summed E-state index contributed by atoms with van der Waals surface area (Å²) in [6, 6.07) is 11.2. The summed E-state index contributed by atoms with van der Waals surface area (Å²) in [6.45, 7) is 0.414. The van der Waals surface area contributed by atoms with Crippen molar-refractivity contribution in [3.63, 3.8) is 0 Å². The molecule has 9 heteroatoms.